The highest BCUT2D eigenvalue weighted by atomic mass is 127. The van der Waals surface area contributed by atoms with E-state index in [-0.39, 0.29) is 24.0 Å². The van der Waals surface area contributed by atoms with Crippen LogP contribution >= 0.6 is 24.0 Å². The van der Waals surface area contributed by atoms with Crippen LogP contribution in [0.4, 0.5) is 5.69 Å². The van der Waals surface area contributed by atoms with Crippen LogP contribution in [0, 0.1) is 13.8 Å². The number of guanidine groups is 1. The van der Waals surface area contributed by atoms with Gasteiger partial charge in [-0.2, -0.15) is 5.10 Å². The molecule has 2 aromatic rings. The highest BCUT2D eigenvalue weighted by Gasteiger charge is 2.09. The van der Waals surface area contributed by atoms with Crippen molar-refractivity contribution < 1.29 is 0 Å². The summed E-state index contributed by atoms with van der Waals surface area (Å²) in [5.41, 5.74) is 5.84. The van der Waals surface area contributed by atoms with E-state index < -0.39 is 0 Å². The molecule has 0 aliphatic carbocycles. The number of benzene rings is 1. The maximum Gasteiger partial charge on any atom is 0.191 e. The van der Waals surface area contributed by atoms with E-state index >= 15 is 0 Å². The Morgan fingerprint density at radius 1 is 1.23 bits per heavy atom. The summed E-state index contributed by atoms with van der Waals surface area (Å²) in [6.45, 7) is 8.39. The monoisotopic (exact) mass is 470 g/mol. The Kier molecular flexibility index (Phi) is 8.91. The first-order valence-corrected chi connectivity index (χ1v) is 8.69. The van der Waals surface area contributed by atoms with E-state index in [0.717, 1.165) is 24.7 Å². The molecule has 1 aromatic carbocycles. The Morgan fingerprint density at radius 2 is 1.96 bits per heavy atom. The number of aryl methyl sites for hydroxylation is 2. The number of aromatic nitrogens is 2. The number of halogens is 1. The lowest BCUT2D eigenvalue weighted by Crippen LogP contribution is -2.37. The second-order valence-electron chi connectivity index (χ2n) is 6.39. The Balaban J connectivity index is 0.00000338. The molecule has 0 unspecified atom stereocenters. The standard InChI is InChI=1S/C19H30N6.HI/c1-7-20-19(22-13-18-14(2)23-25(6)15(18)3)21-12-16-9-8-10-17(11-16)24(4)5;/h8-11H,7,12-13H2,1-6H3,(H2,20,21,22);1H. The number of aliphatic imine (C=N–C) groups is 1. The van der Waals surface area contributed by atoms with Gasteiger partial charge in [-0.3, -0.25) is 4.68 Å². The smallest absolute Gasteiger partial charge is 0.191 e. The normalized spacial score (nSPS) is 11.1. The van der Waals surface area contributed by atoms with Gasteiger partial charge in [0.25, 0.3) is 0 Å². The van der Waals surface area contributed by atoms with Crippen molar-refractivity contribution >= 4 is 35.6 Å². The SMILES string of the molecule is CCNC(=NCc1cccc(N(C)C)c1)NCc1c(C)nn(C)c1C.I. The highest BCUT2D eigenvalue weighted by molar-refractivity contribution is 14.0. The van der Waals surface area contributed by atoms with E-state index in [9.17, 15) is 0 Å². The van der Waals surface area contributed by atoms with E-state index in [4.69, 9.17) is 4.99 Å². The van der Waals surface area contributed by atoms with Gasteiger partial charge in [0.05, 0.1) is 12.2 Å². The van der Waals surface area contributed by atoms with Gasteiger partial charge in [-0.25, -0.2) is 4.99 Å². The average Bonchev–Trinajstić information content (AvgIpc) is 2.83. The molecule has 2 rings (SSSR count). The zero-order valence-electron chi connectivity index (χ0n) is 16.6. The minimum absolute atomic E-state index is 0. The molecule has 0 radical (unpaired) electrons. The predicted octanol–water partition coefficient (Wildman–Crippen LogP) is 2.98. The van der Waals surface area contributed by atoms with Crippen LogP contribution in [0.5, 0.6) is 0 Å². The quantitative estimate of drug-likeness (QED) is 0.387. The molecule has 7 heteroatoms. The van der Waals surface area contributed by atoms with Gasteiger partial charge in [0.2, 0.25) is 0 Å². The fourth-order valence-corrected chi connectivity index (χ4v) is 2.69. The Bertz CT molecular complexity index is 736. The zero-order chi connectivity index (χ0) is 18.4. The summed E-state index contributed by atoms with van der Waals surface area (Å²) in [4.78, 5) is 6.82. The Hall–Kier alpha value is -1.77. The second-order valence-corrected chi connectivity index (χ2v) is 6.39. The van der Waals surface area contributed by atoms with E-state index in [1.807, 2.05) is 32.7 Å². The van der Waals surface area contributed by atoms with Gasteiger partial charge >= 0.3 is 0 Å². The maximum absolute atomic E-state index is 4.71. The molecule has 26 heavy (non-hydrogen) atoms. The van der Waals surface area contributed by atoms with Crippen LogP contribution < -0.4 is 15.5 Å². The van der Waals surface area contributed by atoms with Crippen molar-refractivity contribution in [2.45, 2.75) is 33.9 Å². The molecule has 1 heterocycles. The molecule has 144 valence electrons. The number of nitrogens with zero attached hydrogens (tertiary/aromatic N) is 4. The summed E-state index contributed by atoms with van der Waals surface area (Å²) in [6, 6.07) is 8.45. The van der Waals surface area contributed by atoms with Crippen molar-refractivity contribution in [2.75, 3.05) is 25.5 Å². The van der Waals surface area contributed by atoms with Gasteiger partial charge in [0.15, 0.2) is 5.96 Å². The Morgan fingerprint density at radius 3 is 2.54 bits per heavy atom. The number of rotatable bonds is 6. The lowest BCUT2D eigenvalue weighted by atomic mass is 10.2. The summed E-state index contributed by atoms with van der Waals surface area (Å²) in [5, 5.41) is 11.2. The van der Waals surface area contributed by atoms with Crippen molar-refractivity contribution in [1.29, 1.82) is 0 Å². The van der Waals surface area contributed by atoms with Crippen LogP contribution in [0.2, 0.25) is 0 Å². The minimum Gasteiger partial charge on any atom is -0.378 e. The highest BCUT2D eigenvalue weighted by Crippen LogP contribution is 2.14. The van der Waals surface area contributed by atoms with Gasteiger partial charge in [0.1, 0.15) is 0 Å². The number of hydrogen-bond acceptors (Lipinski definition) is 3. The van der Waals surface area contributed by atoms with Crippen LogP contribution in [0.1, 0.15) is 29.4 Å². The minimum atomic E-state index is 0. The van der Waals surface area contributed by atoms with Gasteiger partial charge in [-0.05, 0) is 38.5 Å². The van der Waals surface area contributed by atoms with Crippen LogP contribution in [0.25, 0.3) is 0 Å². The van der Waals surface area contributed by atoms with Gasteiger partial charge in [-0.1, -0.05) is 12.1 Å². The van der Waals surface area contributed by atoms with Gasteiger partial charge in [-0.15, -0.1) is 24.0 Å². The van der Waals surface area contributed by atoms with E-state index in [1.165, 1.54) is 22.5 Å². The molecule has 0 aliphatic rings. The third-order valence-electron chi connectivity index (χ3n) is 4.28. The molecular formula is C19H31IN6. The number of anilines is 1. The number of nitrogens with one attached hydrogen (secondary N) is 2. The molecule has 0 fully saturated rings. The molecule has 0 aliphatic heterocycles. The molecular weight excluding hydrogens is 439 g/mol. The zero-order valence-corrected chi connectivity index (χ0v) is 19.0. The van der Waals surface area contributed by atoms with Crippen molar-refractivity contribution in [3.05, 3.63) is 46.8 Å². The third-order valence-corrected chi connectivity index (χ3v) is 4.28. The lowest BCUT2D eigenvalue weighted by Gasteiger charge is -2.14. The third kappa shape index (κ3) is 5.89. The molecule has 0 saturated heterocycles. The fourth-order valence-electron chi connectivity index (χ4n) is 2.69. The van der Waals surface area contributed by atoms with Crippen LogP contribution in [0.3, 0.4) is 0 Å². The molecule has 0 atom stereocenters. The molecule has 0 spiro atoms. The fraction of sp³-hybridized carbons (Fsp3) is 0.474. The van der Waals surface area contributed by atoms with Crippen LogP contribution in [0.15, 0.2) is 29.3 Å². The topological polar surface area (TPSA) is 57.5 Å². The van der Waals surface area contributed by atoms with E-state index in [2.05, 4.69) is 58.7 Å². The Labute approximate surface area is 174 Å². The first kappa shape index (κ1) is 22.3. The van der Waals surface area contributed by atoms with Crippen molar-refractivity contribution in [3.8, 4) is 0 Å². The van der Waals surface area contributed by atoms with E-state index in [1.54, 1.807) is 0 Å². The summed E-state index contributed by atoms with van der Waals surface area (Å²) in [7, 11) is 6.07. The molecule has 2 N–H and O–H groups in total. The molecule has 0 amide bonds. The van der Waals surface area contributed by atoms with Gasteiger partial charge in [0, 0.05) is 51.2 Å². The summed E-state index contributed by atoms with van der Waals surface area (Å²) >= 11 is 0. The van der Waals surface area contributed by atoms with Crippen molar-refractivity contribution in [2.24, 2.45) is 12.0 Å². The van der Waals surface area contributed by atoms with Crippen molar-refractivity contribution in [1.82, 2.24) is 20.4 Å². The lowest BCUT2D eigenvalue weighted by molar-refractivity contribution is 0.728. The molecule has 1 aromatic heterocycles. The van der Waals surface area contributed by atoms with E-state index in [0.29, 0.717) is 6.54 Å². The molecule has 6 nitrogen and oxygen atoms in total. The largest absolute Gasteiger partial charge is 0.378 e. The molecule has 0 saturated carbocycles. The first-order chi connectivity index (χ1) is 11.9. The first-order valence-electron chi connectivity index (χ1n) is 8.69. The predicted molar refractivity (Wildman–Crippen MR) is 121 cm³/mol. The molecule has 0 bridgehead atoms. The van der Waals surface area contributed by atoms with Crippen LogP contribution in [-0.2, 0) is 20.1 Å². The second kappa shape index (κ2) is 10.4. The average molecular weight is 470 g/mol. The summed E-state index contributed by atoms with van der Waals surface area (Å²) in [6.07, 6.45) is 0. The summed E-state index contributed by atoms with van der Waals surface area (Å²) < 4.78 is 1.92. The van der Waals surface area contributed by atoms with Gasteiger partial charge < -0.3 is 15.5 Å². The maximum atomic E-state index is 4.71. The summed E-state index contributed by atoms with van der Waals surface area (Å²) in [5.74, 6) is 0.820. The van der Waals surface area contributed by atoms with Crippen LogP contribution in [-0.4, -0.2) is 36.4 Å². The van der Waals surface area contributed by atoms with Crippen molar-refractivity contribution in [3.63, 3.8) is 0 Å². The number of hydrogen-bond donors (Lipinski definition) is 2.